The van der Waals surface area contributed by atoms with Gasteiger partial charge in [-0.05, 0) is 20.8 Å². The van der Waals surface area contributed by atoms with E-state index in [1.54, 1.807) is 0 Å². The van der Waals surface area contributed by atoms with Crippen molar-refractivity contribution < 1.29 is 9.53 Å². The van der Waals surface area contributed by atoms with Crippen molar-refractivity contribution in [2.24, 2.45) is 10.7 Å². The Kier molecular flexibility index (Phi) is 4.03. The number of ether oxygens (including phenoxy) is 1. The van der Waals surface area contributed by atoms with Crippen LogP contribution in [0.4, 0.5) is 0 Å². The molecule has 1 aliphatic rings. The molecule has 1 atom stereocenters. The summed E-state index contributed by atoms with van der Waals surface area (Å²) in [5.74, 6) is 0. The van der Waals surface area contributed by atoms with E-state index in [1.807, 2.05) is 20.8 Å². The Hall–Kier alpha value is -1.16. The van der Waals surface area contributed by atoms with Gasteiger partial charge in [-0.25, -0.2) is 0 Å². The molecule has 0 aromatic rings. The number of hydrogen-bond acceptors (Lipinski definition) is 4. The van der Waals surface area contributed by atoms with Crippen LogP contribution in [0.1, 0.15) is 27.2 Å². The summed E-state index contributed by atoms with van der Waals surface area (Å²) in [5, 5.41) is 0. The molecule has 2 N–H and O–H groups in total. The van der Waals surface area contributed by atoms with Crippen molar-refractivity contribution in [3.05, 3.63) is 11.3 Å². The fraction of sp³-hybridized carbons (Fsp3) is 0.636. The molecular weight excluding hydrogens is 192 g/mol. The normalized spacial score (nSPS) is 23.5. The van der Waals surface area contributed by atoms with Crippen LogP contribution in [0.15, 0.2) is 16.3 Å². The molecular formula is C11H18N2O2. The molecule has 0 bridgehead atoms. The standard InChI is InChI=1S/C11H18N2O2/c1-7(2)13-8(3)10-6-15-9(5-14)4-11(10)12/h5,7,9H,4,6,12H2,1-3H3. The van der Waals surface area contributed by atoms with Gasteiger partial charge in [-0.15, -0.1) is 0 Å². The molecule has 1 aliphatic heterocycles. The minimum atomic E-state index is -0.388. The second kappa shape index (κ2) is 5.07. The zero-order valence-corrected chi connectivity index (χ0v) is 9.49. The maximum Gasteiger partial charge on any atom is 0.149 e. The van der Waals surface area contributed by atoms with Gasteiger partial charge in [-0.1, -0.05) is 0 Å². The van der Waals surface area contributed by atoms with Crippen molar-refractivity contribution in [2.45, 2.75) is 39.3 Å². The number of carbonyl (C=O) groups is 1. The lowest BCUT2D eigenvalue weighted by Crippen LogP contribution is -2.29. The Labute approximate surface area is 90.2 Å². The molecule has 4 heteroatoms. The molecule has 0 amide bonds. The summed E-state index contributed by atoms with van der Waals surface area (Å²) in [6.45, 7) is 6.33. The zero-order chi connectivity index (χ0) is 11.4. The van der Waals surface area contributed by atoms with E-state index in [4.69, 9.17) is 10.5 Å². The highest BCUT2D eigenvalue weighted by Crippen LogP contribution is 2.17. The Morgan fingerprint density at radius 2 is 2.33 bits per heavy atom. The second-order valence-corrected chi connectivity index (χ2v) is 4.00. The lowest BCUT2D eigenvalue weighted by molar-refractivity contribution is -0.117. The minimum Gasteiger partial charge on any atom is -0.402 e. The van der Waals surface area contributed by atoms with Crippen LogP contribution >= 0.6 is 0 Å². The Bertz CT molecular complexity index is 306. The van der Waals surface area contributed by atoms with Gasteiger partial charge in [-0.3, -0.25) is 4.99 Å². The first-order valence-electron chi connectivity index (χ1n) is 5.13. The monoisotopic (exact) mass is 210 g/mol. The summed E-state index contributed by atoms with van der Waals surface area (Å²) in [6, 6.07) is 0.245. The maximum atomic E-state index is 10.5. The molecule has 0 aromatic heterocycles. The van der Waals surface area contributed by atoms with Crippen molar-refractivity contribution in [3.8, 4) is 0 Å². The Morgan fingerprint density at radius 1 is 1.67 bits per heavy atom. The third-order valence-corrected chi connectivity index (χ3v) is 2.29. The zero-order valence-electron chi connectivity index (χ0n) is 9.49. The van der Waals surface area contributed by atoms with Crippen molar-refractivity contribution >= 4 is 12.0 Å². The van der Waals surface area contributed by atoms with Crippen LogP contribution < -0.4 is 5.73 Å². The number of carbonyl (C=O) groups excluding carboxylic acids is 1. The van der Waals surface area contributed by atoms with Crippen LogP contribution in [-0.4, -0.2) is 30.8 Å². The van der Waals surface area contributed by atoms with Crippen LogP contribution in [-0.2, 0) is 9.53 Å². The van der Waals surface area contributed by atoms with Crippen LogP contribution in [0, 0.1) is 0 Å². The smallest absolute Gasteiger partial charge is 0.149 e. The predicted molar refractivity (Wildman–Crippen MR) is 59.9 cm³/mol. The van der Waals surface area contributed by atoms with E-state index in [0.717, 1.165) is 23.3 Å². The van der Waals surface area contributed by atoms with E-state index in [1.165, 1.54) is 0 Å². The largest absolute Gasteiger partial charge is 0.402 e. The summed E-state index contributed by atoms with van der Waals surface area (Å²) in [4.78, 5) is 14.9. The van der Waals surface area contributed by atoms with Gasteiger partial charge < -0.3 is 15.3 Å². The van der Waals surface area contributed by atoms with Gasteiger partial charge in [0.05, 0.1) is 6.61 Å². The van der Waals surface area contributed by atoms with E-state index < -0.39 is 0 Å². The van der Waals surface area contributed by atoms with Gasteiger partial charge in [0.2, 0.25) is 0 Å². The first-order chi connectivity index (χ1) is 7.04. The lowest BCUT2D eigenvalue weighted by Gasteiger charge is -2.22. The average Bonchev–Trinajstić information content (AvgIpc) is 2.16. The molecule has 1 unspecified atom stereocenters. The molecule has 4 nitrogen and oxygen atoms in total. The summed E-state index contributed by atoms with van der Waals surface area (Å²) < 4.78 is 5.33. The second-order valence-electron chi connectivity index (χ2n) is 4.00. The van der Waals surface area contributed by atoms with Gasteiger partial charge in [0, 0.05) is 29.4 Å². The SMILES string of the molecule is CC(=NC(C)C)C1=C(N)CC(C=O)OC1. The van der Waals surface area contributed by atoms with E-state index in [9.17, 15) is 4.79 Å². The Morgan fingerprint density at radius 3 is 2.80 bits per heavy atom. The summed E-state index contributed by atoms with van der Waals surface area (Å²) in [7, 11) is 0. The van der Waals surface area contributed by atoms with E-state index in [-0.39, 0.29) is 12.1 Å². The molecule has 0 aromatic carbocycles. The lowest BCUT2D eigenvalue weighted by atomic mass is 10.0. The molecule has 0 aliphatic carbocycles. The minimum absolute atomic E-state index is 0.245. The number of aldehydes is 1. The summed E-state index contributed by atoms with van der Waals surface area (Å²) in [5.41, 5.74) is 8.45. The topological polar surface area (TPSA) is 64.7 Å². The van der Waals surface area contributed by atoms with Gasteiger partial charge in [0.15, 0.2) is 0 Å². The van der Waals surface area contributed by atoms with Crippen LogP contribution in [0.5, 0.6) is 0 Å². The summed E-state index contributed by atoms with van der Waals surface area (Å²) in [6.07, 6.45) is 0.878. The van der Waals surface area contributed by atoms with Crippen LogP contribution in [0.25, 0.3) is 0 Å². The van der Waals surface area contributed by atoms with Crippen LogP contribution in [0.3, 0.4) is 0 Å². The summed E-state index contributed by atoms with van der Waals surface area (Å²) >= 11 is 0. The fourth-order valence-electron chi connectivity index (χ4n) is 1.57. The first-order valence-corrected chi connectivity index (χ1v) is 5.13. The molecule has 0 saturated heterocycles. The van der Waals surface area contributed by atoms with Gasteiger partial charge >= 0.3 is 0 Å². The molecule has 1 rings (SSSR count). The molecule has 1 heterocycles. The van der Waals surface area contributed by atoms with Gasteiger partial charge in [0.1, 0.15) is 12.4 Å². The fourth-order valence-corrected chi connectivity index (χ4v) is 1.57. The number of nitrogens with zero attached hydrogens (tertiary/aromatic N) is 1. The van der Waals surface area contributed by atoms with Crippen LogP contribution in [0.2, 0.25) is 0 Å². The highest BCUT2D eigenvalue weighted by molar-refractivity contribution is 5.99. The molecule has 0 saturated carbocycles. The molecule has 0 spiro atoms. The highest BCUT2D eigenvalue weighted by atomic mass is 16.5. The number of aliphatic imine (C=N–C) groups is 1. The molecule has 0 radical (unpaired) electrons. The van der Waals surface area contributed by atoms with E-state index >= 15 is 0 Å². The van der Waals surface area contributed by atoms with Gasteiger partial charge in [0.25, 0.3) is 0 Å². The quantitative estimate of drug-likeness (QED) is 0.559. The molecule has 84 valence electrons. The van der Waals surface area contributed by atoms with Crippen molar-refractivity contribution in [2.75, 3.05) is 6.61 Å². The number of rotatable bonds is 3. The maximum absolute atomic E-state index is 10.5. The number of nitrogens with two attached hydrogens (primary N) is 1. The Balaban J connectivity index is 2.82. The van der Waals surface area contributed by atoms with E-state index in [0.29, 0.717) is 13.0 Å². The van der Waals surface area contributed by atoms with Crippen molar-refractivity contribution in [3.63, 3.8) is 0 Å². The third kappa shape index (κ3) is 3.16. The molecule has 15 heavy (non-hydrogen) atoms. The third-order valence-electron chi connectivity index (χ3n) is 2.29. The van der Waals surface area contributed by atoms with Crippen molar-refractivity contribution in [1.29, 1.82) is 0 Å². The highest BCUT2D eigenvalue weighted by Gasteiger charge is 2.20. The predicted octanol–water partition coefficient (Wildman–Crippen LogP) is 1.06. The van der Waals surface area contributed by atoms with Gasteiger partial charge in [-0.2, -0.15) is 0 Å². The van der Waals surface area contributed by atoms with Crippen molar-refractivity contribution in [1.82, 2.24) is 0 Å². The average molecular weight is 210 g/mol. The first kappa shape index (κ1) is 11.9. The number of hydrogen-bond donors (Lipinski definition) is 1. The molecule has 0 fully saturated rings. The van der Waals surface area contributed by atoms with E-state index in [2.05, 4.69) is 4.99 Å².